The van der Waals surface area contributed by atoms with E-state index in [0.717, 1.165) is 23.7 Å². The number of hydrogen-bond acceptors (Lipinski definition) is 5. The second kappa shape index (κ2) is 6.91. The molecule has 0 aliphatic heterocycles. The highest BCUT2D eigenvalue weighted by molar-refractivity contribution is 7.09. The van der Waals surface area contributed by atoms with Crippen LogP contribution >= 0.6 is 11.3 Å². The molecular weight excluding hydrogens is 274 g/mol. The highest BCUT2D eigenvalue weighted by atomic mass is 32.1. The predicted octanol–water partition coefficient (Wildman–Crippen LogP) is 2.32. The Bertz CT molecular complexity index is 566. The number of rotatable bonds is 7. The van der Waals surface area contributed by atoms with Gasteiger partial charge in [-0.05, 0) is 31.2 Å². The lowest BCUT2D eigenvalue weighted by molar-refractivity contribution is -0.118. The molecule has 1 aromatic heterocycles. The Morgan fingerprint density at radius 1 is 1.40 bits per heavy atom. The normalized spacial score (nSPS) is 10.2. The number of nitrogens with one attached hydrogen (secondary N) is 1. The van der Waals surface area contributed by atoms with Gasteiger partial charge in [0.1, 0.15) is 5.75 Å². The van der Waals surface area contributed by atoms with E-state index >= 15 is 0 Å². The molecule has 2 rings (SSSR count). The quantitative estimate of drug-likeness (QED) is 0.820. The van der Waals surface area contributed by atoms with Crippen molar-refractivity contribution in [1.82, 2.24) is 4.98 Å². The van der Waals surface area contributed by atoms with Crippen molar-refractivity contribution in [2.24, 2.45) is 5.73 Å². The van der Waals surface area contributed by atoms with Crippen molar-refractivity contribution in [2.75, 3.05) is 11.9 Å². The number of thiazole rings is 1. The third-order valence-corrected chi connectivity index (χ3v) is 3.70. The largest absolute Gasteiger partial charge is 0.493 e. The second-order valence-electron chi connectivity index (χ2n) is 4.30. The van der Waals surface area contributed by atoms with Crippen LogP contribution in [0, 0.1) is 6.92 Å². The van der Waals surface area contributed by atoms with Crippen LogP contribution in [-0.4, -0.2) is 17.5 Å². The molecule has 1 aromatic carbocycles. The summed E-state index contributed by atoms with van der Waals surface area (Å²) in [7, 11) is 0. The highest BCUT2D eigenvalue weighted by Crippen LogP contribution is 2.18. The summed E-state index contributed by atoms with van der Waals surface area (Å²) in [5.41, 5.74) is 8.97. The van der Waals surface area contributed by atoms with Crippen LogP contribution in [0.2, 0.25) is 0 Å². The van der Waals surface area contributed by atoms with Gasteiger partial charge in [-0.25, -0.2) is 4.98 Å². The SMILES string of the molecule is Cc1ncsc1CNc1ccc(OCCC(N)=O)cc1. The molecule has 0 spiro atoms. The van der Waals surface area contributed by atoms with Crippen molar-refractivity contribution in [3.05, 3.63) is 40.3 Å². The molecule has 2 aromatic rings. The highest BCUT2D eigenvalue weighted by Gasteiger charge is 2.01. The van der Waals surface area contributed by atoms with Crippen LogP contribution in [0.15, 0.2) is 29.8 Å². The van der Waals surface area contributed by atoms with E-state index in [1.54, 1.807) is 11.3 Å². The molecule has 1 heterocycles. The minimum Gasteiger partial charge on any atom is -0.493 e. The maximum atomic E-state index is 10.6. The van der Waals surface area contributed by atoms with Crippen LogP contribution in [-0.2, 0) is 11.3 Å². The lowest BCUT2D eigenvalue weighted by atomic mass is 10.3. The van der Waals surface area contributed by atoms with Crippen molar-refractivity contribution < 1.29 is 9.53 Å². The summed E-state index contributed by atoms with van der Waals surface area (Å²) in [5, 5.41) is 3.33. The third kappa shape index (κ3) is 4.24. The number of aromatic nitrogens is 1. The van der Waals surface area contributed by atoms with Gasteiger partial charge in [-0.1, -0.05) is 0 Å². The Hall–Kier alpha value is -2.08. The topological polar surface area (TPSA) is 77.2 Å². The van der Waals surface area contributed by atoms with Crippen LogP contribution in [0.3, 0.4) is 0 Å². The minimum absolute atomic E-state index is 0.227. The molecule has 0 atom stereocenters. The number of benzene rings is 1. The first kappa shape index (κ1) is 14.3. The molecule has 0 unspecified atom stereocenters. The summed E-state index contributed by atoms with van der Waals surface area (Å²) in [6.45, 7) is 3.07. The first-order valence-corrected chi connectivity index (χ1v) is 7.17. The maximum Gasteiger partial charge on any atom is 0.220 e. The summed E-state index contributed by atoms with van der Waals surface area (Å²) < 4.78 is 5.40. The summed E-state index contributed by atoms with van der Waals surface area (Å²) in [6, 6.07) is 7.61. The minimum atomic E-state index is -0.358. The lowest BCUT2D eigenvalue weighted by Crippen LogP contribution is -2.14. The van der Waals surface area contributed by atoms with Crippen LogP contribution in [0.4, 0.5) is 5.69 Å². The first-order valence-electron chi connectivity index (χ1n) is 6.29. The van der Waals surface area contributed by atoms with Crippen molar-refractivity contribution >= 4 is 22.9 Å². The Morgan fingerprint density at radius 3 is 2.75 bits per heavy atom. The molecule has 0 bridgehead atoms. The number of hydrogen-bond donors (Lipinski definition) is 2. The fourth-order valence-electron chi connectivity index (χ4n) is 1.62. The number of anilines is 1. The number of primary amides is 1. The molecule has 20 heavy (non-hydrogen) atoms. The maximum absolute atomic E-state index is 10.6. The van der Waals surface area contributed by atoms with Crippen molar-refractivity contribution in [1.29, 1.82) is 0 Å². The Morgan fingerprint density at radius 2 is 2.15 bits per heavy atom. The van der Waals surface area contributed by atoms with E-state index < -0.39 is 0 Å². The van der Waals surface area contributed by atoms with Gasteiger partial charge in [-0.2, -0.15) is 0 Å². The monoisotopic (exact) mass is 291 g/mol. The molecule has 0 fully saturated rings. The summed E-state index contributed by atoms with van der Waals surface area (Å²) in [6.07, 6.45) is 0.227. The van der Waals surface area contributed by atoms with E-state index in [1.807, 2.05) is 36.7 Å². The Kier molecular flexibility index (Phi) is 4.95. The third-order valence-electron chi connectivity index (χ3n) is 2.77. The first-order chi connectivity index (χ1) is 9.65. The molecule has 5 nitrogen and oxygen atoms in total. The van der Waals surface area contributed by atoms with Gasteiger partial charge in [0.25, 0.3) is 0 Å². The zero-order valence-corrected chi connectivity index (χ0v) is 12.1. The molecule has 1 amide bonds. The van der Waals surface area contributed by atoms with E-state index in [1.165, 1.54) is 4.88 Å². The summed E-state index contributed by atoms with van der Waals surface area (Å²) in [5.74, 6) is 0.369. The van der Waals surface area contributed by atoms with E-state index in [0.29, 0.717) is 6.61 Å². The molecule has 0 aliphatic rings. The van der Waals surface area contributed by atoms with Gasteiger partial charge in [0.2, 0.25) is 5.91 Å². The van der Waals surface area contributed by atoms with Crippen molar-refractivity contribution in [2.45, 2.75) is 19.9 Å². The van der Waals surface area contributed by atoms with Crippen LogP contribution < -0.4 is 15.8 Å². The predicted molar refractivity (Wildman–Crippen MR) is 79.9 cm³/mol. The molecule has 3 N–H and O–H groups in total. The average Bonchev–Trinajstić information content (AvgIpc) is 2.83. The molecule has 106 valence electrons. The fraction of sp³-hybridized carbons (Fsp3) is 0.286. The molecule has 0 aliphatic carbocycles. The van der Waals surface area contributed by atoms with Crippen molar-refractivity contribution in [3.63, 3.8) is 0 Å². The molecule has 0 radical (unpaired) electrons. The number of carbonyl (C=O) groups excluding carboxylic acids is 1. The molecule has 6 heteroatoms. The van der Waals surface area contributed by atoms with Gasteiger partial charge in [0.05, 0.1) is 30.8 Å². The van der Waals surface area contributed by atoms with E-state index in [4.69, 9.17) is 10.5 Å². The standard InChI is InChI=1S/C14H17N3O2S/c1-10-13(20-9-17-10)8-16-11-2-4-12(5-3-11)19-7-6-14(15)18/h2-5,9,16H,6-8H2,1H3,(H2,15,18). The molecular formula is C14H17N3O2S. The number of aryl methyl sites for hydroxylation is 1. The van der Waals surface area contributed by atoms with Crippen LogP contribution in [0.25, 0.3) is 0 Å². The summed E-state index contributed by atoms with van der Waals surface area (Å²) >= 11 is 1.64. The number of amides is 1. The van der Waals surface area contributed by atoms with Crippen molar-refractivity contribution in [3.8, 4) is 5.75 Å². The van der Waals surface area contributed by atoms with E-state index in [9.17, 15) is 4.79 Å². The fourth-order valence-corrected chi connectivity index (χ4v) is 2.33. The number of carbonyl (C=O) groups is 1. The van der Waals surface area contributed by atoms with Gasteiger partial charge in [0.15, 0.2) is 0 Å². The average molecular weight is 291 g/mol. The van der Waals surface area contributed by atoms with Gasteiger partial charge >= 0.3 is 0 Å². The smallest absolute Gasteiger partial charge is 0.220 e. The zero-order valence-electron chi connectivity index (χ0n) is 11.3. The number of nitrogens with zero attached hydrogens (tertiary/aromatic N) is 1. The number of nitrogens with two attached hydrogens (primary N) is 1. The van der Waals surface area contributed by atoms with Gasteiger partial charge in [0, 0.05) is 10.6 Å². The number of ether oxygens (including phenoxy) is 1. The van der Waals surface area contributed by atoms with Crippen LogP contribution in [0.5, 0.6) is 5.75 Å². The van der Waals surface area contributed by atoms with E-state index in [2.05, 4.69) is 10.3 Å². The van der Waals surface area contributed by atoms with E-state index in [-0.39, 0.29) is 12.3 Å². The molecule has 0 saturated carbocycles. The zero-order chi connectivity index (χ0) is 14.4. The summed E-state index contributed by atoms with van der Waals surface area (Å²) in [4.78, 5) is 16.0. The van der Waals surface area contributed by atoms with Gasteiger partial charge < -0.3 is 15.8 Å². The van der Waals surface area contributed by atoms with Gasteiger partial charge in [-0.3, -0.25) is 4.79 Å². The molecule has 0 saturated heterocycles. The second-order valence-corrected chi connectivity index (χ2v) is 5.24. The lowest BCUT2D eigenvalue weighted by Gasteiger charge is -2.08. The Labute approximate surface area is 121 Å². The Balaban J connectivity index is 1.82. The van der Waals surface area contributed by atoms with Crippen LogP contribution in [0.1, 0.15) is 17.0 Å². The van der Waals surface area contributed by atoms with Gasteiger partial charge in [-0.15, -0.1) is 11.3 Å².